The molecule has 120 valence electrons. The SMILES string of the molecule is CCOc1ccc(Cl)cc1C(=O)Nc1ccc(CC(=O)[O-])cc1. The molecular weight excluding hydrogens is 318 g/mol. The first-order chi connectivity index (χ1) is 11.0. The van der Waals surface area contributed by atoms with Crippen LogP contribution in [-0.4, -0.2) is 18.5 Å². The molecule has 0 radical (unpaired) electrons. The maximum Gasteiger partial charge on any atom is 0.259 e. The highest BCUT2D eigenvalue weighted by Gasteiger charge is 2.13. The minimum Gasteiger partial charge on any atom is -0.550 e. The summed E-state index contributed by atoms with van der Waals surface area (Å²) in [5.74, 6) is -1.06. The maximum atomic E-state index is 12.4. The Hall–Kier alpha value is -2.53. The number of rotatable bonds is 6. The van der Waals surface area contributed by atoms with Gasteiger partial charge >= 0.3 is 0 Å². The quantitative estimate of drug-likeness (QED) is 0.880. The van der Waals surface area contributed by atoms with Gasteiger partial charge in [0, 0.05) is 23.1 Å². The summed E-state index contributed by atoms with van der Waals surface area (Å²) < 4.78 is 5.42. The molecule has 0 spiro atoms. The third-order valence-electron chi connectivity index (χ3n) is 3.05. The molecular formula is C17H15ClNO4-. The maximum absolute atomic E-state index is 12.4. The van der Waals surface area contributed by atoms with Gasteiger partial charge in [-0.3, -0.25) is 4.79 Å². The third-order valence-corrected chi connectivity index (χ3v) is 3.28. The molecule has 1 N–H and O–H groups in total. The highest BCUT2D eigenvalue weighted by Crippen LogP contribution is 2.24. The lowest BCUT2D eigenvalue weighted by Crippen LogP contribution is -2.24. The van der Waals surface area contributed by atoms with Crippen LogP contribution in [-0.2, 0) is 11.2 Å². The molecule has 0 saturated carbocycles. The molecule has 6 heteroatoms. The van der Waals surface area contributed by atoms with E-state index >= 15 is 0 Å². The number of hydrogen-bond acceptors (Lipinski definition) is 4. The van der Waals surface area contributed by atoms with Crippen molar-refractivity contribution in [2.75, 3.05) is 11.9 Å². The standard InChI is InChI=1S/C17H16ClNO4/c1-2-23-15-8-5-12(18)10-14(15)17(22)19-13-6-3-11(4-7-13)9-16(20)21/h3-8,10H,2,9H2,1H3,(H,19,22)(H,20,21)/p-1. The zero-order valence-corrected chi connectivity index (χ0v) is 13.2. The van der Waals surface area contributed by atoms with Crippen LogP contribution < -0.4 is 15.2 Å². The molecule has 0 heterocycles. The number of anilines is 1. The van der Waals surface area contributed by atoms with Gasteiger partial charge in [-0.2, -0.15) is 0 Å². The molecule has 0 bridgehead atoms. The minimum atomic E-state index is -1.15. The number of nitrogens with one attached hydrogen (secondary N) is 1. The lowest BCUT2D eigenvalue weighted by Gasteiger charge is -2.11. The first-order valence-electron chi connectivity index (χ1n) is 7.02. The fourth-order valence-corrected chi connectivity index (χ4v) is 2.20. The fraction of sp³-hybridized carbons (Fsp3) is 0.176. The van der Waals surface area contributed by atoms with Gasteiger partial charge in [-0.1, -0.05) is 23.7 Å². The van der Waals surface area contributed by atoms with Crippen molar-refractivity contribution >= 4 is 29.2 Å². The predicted octanol–water partition coefficient (Wildman–Crippen LogP) is 2.28. The molecule has 0 saturated heterocycles. The van der Waals surface area contributed by atoms with Crippen molar-refractivity contribution in [3.8, 4) is 5.75 Å². The van der Waals surface area contributed by atoms with Crippen molar-refractivity contribution < 1.29 is 19.4 Å². The smallest absolute Gasteiger partial charge is 0.259 e. The molecule has 0 aliphatic rings. The van der Waals surface area contributed by atoms with E-state index < -0.39 is 5.97 Å². The molecule has 1 amide bonds. The number of amides is 1. The fourth-order valence-electron chi connectivity index (χ4n) is 2.03. The van der Waals surface area contributed by atoms with Crippen LogP contribution in [0, 0.1) is 0 Å². The van der Waals surface area contributed by atoms with Gasteiger partial charge in [0.15, 0.2) is 0 Å². The number of carbonyl (C=O) groups is 2. The highest BCUT2D eigenvalue weighted by atomic mass is 35.5. The van der Waals surface area contributed by atoms with E-state index in [2.05, 4.69) is 5.32 Å². The zero-order valence-electron chi connectivity index (χ0n) is 12.5. The Balaban J connectivity index is 2.15. The zero-order chi connectivity index (χ0) is 16.8. The number of carbonyl (C=O) groups excluding carboxylic acids is 2. The van der Waals surface area contributed by atoms with Crippen LogP contribution in [0.5, 0.6) is 5.75 Å². The van der Waals surface area contributed by atoms with Crippen LogP contribution in [0.25, 0.3) is 0 Å². The van der Waals surface area contributed by atoms with Crippen molar-refractivity contribution in [3.05, 3.63) is 58.6 Å². The van der Waals surface area contributed by atoms with E-state index in [0.29, 0.717) is 34.2 Å². The molecule has 0 aliphatic heterocycles. The number of carboxylic acid groups (broad SMARTS) is 1. The molecule has 2 aromatic rings. The van der Waals surface area contributed by atoms with Crippen LogP contribution in [0.3, 0.4) is 0 Å². The highest BCUT2D eigenvalue weighted by molar-refractivity contribution is 6.31. The van der Waals surface area contributed by atoms with Crippen molar-refractivity contribution in [2.24, 2.45) is 0 Å². The number of hydrogen-bond donors (Lipinski definition) is 1. The summed E-state index contributed by atoms with van der Waals surface area (Å²) in [6.45, 7) is 2.26. The Morgan fingerprint density at radius 2 is 1.87 bits per heavy atom. The molecule has 0 fully saturated rings. The molecule has 5 nitrogen and oxygen atoms in total. The van der Waals surface area contributed by atoms with E-state index in [-0.39, 0.29) is 12.3 Å². The van der Waals surface area contributed by atoms with Crippen LogP contribution >= 0.6 is 11.6 Å². The van der Waals surface area contributed by atoms with Gasteiger partial charge < -0.3 is 20.0 Å². The van der Waals surface area contributed by atoms with Crippen LogP contribution in [0.2, 0.25) is 5.02 Å². The van der Waals surface area contributed by atoms with Gasteiger partial charge in [0.25, 0.3) is 5.91 Å². The summed E-state index contributed by atoms with van der Waals surface area (Å²) in [7, 11) is 0. The topological polar surface area (TPSA) is 78.5 Å². The van der Waals surface area contributed by atoms with E-state index in [1.807, 2.05) is 6.92 Å². The van der Waals surface area contributed by atoms with Crippen molar-refractivity contribution in [1.29, 1.82) is 0 Å². The number of carboxylic acids is 1. The Morgan fingerprint density at radius 1 is 1.17 bits per heavy atom. The van der Waals surface area contributed by atoms with Gasteiger partial charge in [-0.25, -0.2) is 0 Å². The second-order valence-corrected chi connectivity index (χ2v) is 5.21. The number of ether oxygens (including phenoxy) is 1. The summed E-state index contributed by atoms with van der Waals surface area (Å²) in [4.78, 5) is 22.9. The summed E-state index contributed by atoms with van der Waals surface area (Å²) in [5, 5.41) is 13.7. The van der Waals surface area contributed by atoms with E-state index in [1.165, 1.54) is 6.07 Å². The Bertz CT molecular complexity index is 713. The molecule has 0 atom stereocenters. The summed E-state index contributed by atoms with van der Waals surface area (Å²) >= 11 is 5.94. The van der Waals surface area contributed by atoms with Gasteiger partial charge in [-0.05, 0) is 42.8 Å². The first kappa shape index (κ1) is 16.8. The predicted molar refractivity (Wildman–Crippen MR) is 85.7 cm³/mol. The molecule has 2 aromatic carbocycles. The minimum absolute atomic E-state index is 0.170. The monoisotopic (exact) mass is 332 g/mol. The summed E-state index contributed by atoms with van der Waals surface area (Å²) in [5.41, 5.74) is 1.47. The van der Waals surface area contributed by atoms with E-state index in [4.69, 9.17) is 16.3 Å². The van der Waals surface area contributed by atoms with E-state index in [9.17, 15) is 14.7 Å². The normalized spacial score (nSPS) is 10.2. The molecule has 0 unspecified atom stereocenters. The van der Waals surface area contributed by atoms with Crippen molar-refractivity contribution in [2.45, 2.75) is 13.3 Å². The van der Waals surface area contributed by atoms with Crippen LogP contribution in [0.4, 0.5) is 5.69 Å². The first-order valence-corrected chi connectivity index (χ1v) is 7.40. The number of halogens is 1. The Labute approximate surface area is 138 Å². The lowest BCUT2D eigenvalue weighted by atomic mass is 10.1. The summed E-state index contributed by atoms with van der Waals surface area (Å²) in [6.07, 6.45) is -0.170. The van der Waals surface area contributed by atoms with Crippen molar-refractivity contribution in [1.82, 2.24) is 0 Å². The molecule has 2 rings (SSSR count). The van der Waals surface area contributed by atoms with Crippen molar-refractivity contribution in [3.63, 3.8) is 0 Å². The van der Waals surface area contributed by atoms with Gasteiger partial charge in [0.2, 0.25) is 0 Å². The van der Waals surface area contributed by atoms with Gasteiger partial charge in [0.05, 0.1) is 12.2 Å². The number of aliphatic carboxylic acids is 1. The third kappa shape index (κ3) is 4.72. The van der Waals surface area contributed by atoms with E-state index in [1.54, 1.807) is 36.4 Å². The van der Waals surface area contributed by atoms with E-state index in [0.717, 1.165) is 0 Å². The second-order valence-electron chi connectivity index (χ2n) is 4.77. The molecule has 23 heavy (non-hydrogen) atoms. The molecule has 0 aliphatic carbocycles. The Morgan fingerprint density at radius 3 is 2.48 bits per heavy atom. The van der Waals surface area contributed by atoms with Gasteiger partial charge in [0.1, 0.15) is 5.75 Å². The number of benzene rings is 2. The second kappa shape index (κ2) is 7.65. The molecule has 0 aromatic heterocycles. The lowest BCUT2D eigenvalue weighted by molar-refractivity contribution is -0.304. The van der Waals surface area contributed by atoms with Gasteiger partial charge in [-0.15, -0.1) is 0 Å². The average Bonchev–Trinajstić information content (AvgIpc) is 2.50. The largest absolute Gasteiger partial charge is 0.550 e. The Kier molecular flexibility index (Phi) is 5.60. The van der Waals surface area contributed by atoms with Crippen LogP contribution in [0.15, 0.2) is 42.5 Å². The average molecular weight is 333 g/mol. The summed E-state index contributed by atoms with van der Waals surface area (Å²) in [6, 6.07) is 11.3. The van der Waals surface area contributed by atoms with Crippen LogP contribution in [0.1, 0.15) is 22.8 Å².